The van der Waals surface area contributed by atoms with Gasteiger partial charge in [-0.1, -0.05) is 41.4 Å². The summed E-state index contributed by atoms with van der Waals surface area (Å²) in [6, 6.07) is 5.23. The number of hydrogen-bond acceptors (Lipinski definition) is 6. The van der Waals surface area contributed by atoms with Crippen LogP contribution in [0.3, 0.4) is 0 Å². The Kier molecular flexibility index (Phi) is 7.36. The summed E-state index contributed by atoms with van der Waals surface area (Å²) in [6.07, 6.45) is 5.72. The highest BCUT2D eigenvalue weighted by Gasteiger charge is 2.29. The Labute approximate surface area is 212 Å². The minimum Gasteiger partial charge on any atom is -0.495 e. The number of nitrogens with zero attached hydrogens (tertiary/aromatic N) is 2. The van der Waals surface area contributed by atoms with Gasteiger partial charge in [-0.05, 0) is 43.0 Å². The maximum Gasteiger partial charge on any atom is 0.243 e. The molecule has 1 aliphatic carbocycles. The molecule has 10 heteroatoms. The van der Waals surface area contributed by atoms with Gasteiger partial charge in [0.15, 0.2) is 0 Å². The zero-order valence-electron chi connectivity index (χ0n) is 18.6. The number of nitrogens with one attached hydrogen (secondary N) is 2. The molecule has 0 aliphatic heterocycles. The Balaban J connectivity index is 1.69. The van der Waals surface area contributed by atoms with E-state index in [2.05, 4.69) is 27.2 Å². The van der Waals surface area contributed by atoms with E-state index in [0.717, 1.165) is 19.3 Å². The number of halogens is 3. The lowest BCUT2D eigenvalue weighted by Gasteiger charge is -2.21. The summed E-state index contributed by atoms with van der Waals surface area (Å²) in [5.41, 5.74) is 1.80. The molecule has 7 nitrogen and oxygen atoms in total. The predicted octanol–water partition coefficient (Wildman–Crippen LogP) is 5.91. The van der Waals surface area contributed by atoms with Crippen LogP contribution < -0.4 is 20.1 Å². The molecule has 178 valence electrons. The Hall–Kier alpha value is -2.74. The first-order chi connectivity index (χ1) is 16.4. The molecule has 0 unspecified atom stereocenters. The fraction of sp³-hybridized carbons (Fsp3) is 0.292. The molecule has 34 heavy (non-hydrogen) atoms. The second-order valence-corrected chi connectivity index (χ2v) is 9.04. The highest BCUT2D eigenvalue weighted by molar-refractivity contribution is 6.41. The fourth-order valence-corrected chi connectivity index (χ4v) is 5.16. The third-order valence-electron chi connectivity index (χ3n) is 5.84. The van der Waals surface area contributed by atoms with Gasteiger partial charge in [0.1, 0.15) is 11.5 Å². The highest BCUT2D eigenvalue weighted by Crippen LogP contribution is 2.47. The van der Waals surface area contributed by atoms with E-state index in [9.17, 15) is 4.79 Å². The Morgan fingerprint density at radius 1 is 1.09 bits per heavy atom. The van der Waals surface area contributed by atoms with Crippen molar-refractivity contribution >= 4 is 57.6 Å². The molecule has 1 aliphatic rings. The molecule has 0 spiro atoms. The van der Waals surface area contributed by atoms with Gasteiger partial charge in [0.2, 0.25) is 11.9 Å². The van der Waals surface area contributed by atoms with Crippen LogP contribution in [0.2, 0.25) is 15.1 Å². The lowest BCUT2D eigenvalue weighted by molar-refractivity contribution is -0.117. The highest BCUT2D eigenvalue weighted by atomic mass is 35.5. The Bertz CT molecular complexity index is 1240. The van der Waals surface area contributed by atoms with Crippen molar-refractivity contribution < 1.29 is 14.3 Å². The van der Waals surface area contributed by atoms with E-state index in [4.69, 9.17) is 44.3 Å². The third-order valence-corrected chi connectivity index (χ3v) is 6.88. The van der Waals surface area contributed by atoms with E-state index in [-0.39, 0.29) is 18.0 Å². The number of amides is 1. The van der Waals surface area contributed by atoms with Crippen LogP contribution in [0.4, 0.5) is 5.95 Å². The topological polar surface area (TPSA) is 85.4 Å². The SMILES string of the molecule is C=CC(=O)N[C@H]1CCC[C@H]1Nc1ncc2cc(-c3c(Cl)c(OC)cc(OC)c3Cl)cc(Cl)c2n1. The first-order valence-corrected chi connectivity index (χ1v) is 11.8. The standard InChI is InChI=1S/C24H23Cl3N4O3/c1-4-19(32)29-15-6-5-7-16(15)30-24-28-11-13-8-12(9-14(25)23(13)31-24)20-21(26)17(33-2)10-18(34-3)22(20)27/h4,8-11,15-16H,1,5-7H2,2-3H3,(H,29,32)(H,28,30,31)/t15-,16+/m0/s1. The second-order valence-electron chi connectivity index (χ2n) is 7.87. The molecule has 2 aromatic carbocycles. The molecule has 3 aromatic rings. The normalized spacial score (nSPS) is 17.4. The van der Waals surface area contributed by atoms with Crippen molar-refractivity contribution in [2.75, 3.05) is 19.5 Å². The average Bonchev–Trinajstić information content (AvgIpc) is 3.26. The predicted molar refractivity (Wildman–Crippen MR) is 136 cm³/mol. The van der Waals surface area contributed by atoms with Gasteiger partial charge in [-0.3, -0.25) is 4.79 Å². The lowest BCUT2D eigenvalue weighted by Crippen LogP contribution is -2.42. The first kappa shape index (κ1) is 24.4. The van der Waals surface area contributed by atoms with Gasteiger partial charge >= 0.3 is 0 Å². The molecule has 1 amide bonds. The minimum absolute atomic E-state index is 0.0151. The number of benzene rings is 2. The molecule has 1 aromatic heterocycles. The maximum atomic E-state index is 11.7. The van der Waals surface area contributed by atoms with Crippen LogP contribution >= 0.6 is 34.8 Å². The first-order valence-electron chi connectivity index (χ1n) is 10.6. The van der Waals surface area contributed by atoms with Gasteiger partial charge in [-0.25, -0.2) is 9.97 Å². The molecule has 0 radical (unpaired) electrons. The van der Waals surface area contributed by atoms with Crippen LogP contribution in [0.5, 0.6) is 11.5 Å². The van der Waals surface area contributed by atoms with E-state index in [0.29, 0.717) is 54.5 Å². The van der Waals surface area contributed by atoms with Gasteiger partial charge < -0.3 is 20.1 Å². The molecule has 1 heterocycles. The summed E-state index contributed by atoms with van der Waals surface area (Å²) in [4.78, 5) is 20.8. The smallest absolute Gasteiger partial charge is 0.243 e. The molecule has 0 bridgehead atoms. The van der Waals surface area contributed by atoms with E-state index in [1.165, 1.54) is 20.3 Å². The number of ether oxygens (including phenoxy) is 2. The molecule has 2 N–H and O–H groups in total. The van der Waals surface area contributed by atoms with Gasteiger partial charge in [0, 0.05) is 35.3 Å². The molecule has 0 saturated heterocycles. The van der Waals surface area contributed by atoms with Crippen molar-refractivity contribution in [3.63, 3.8) is 0 Å². The number of rotatable bonds is 7. The quantitative estimate of drug-likeness (QED) is 0.376. The fourth-order valence-electron chi connectivity index (χ4n) is 4.17. The van der Waals surface area contributed by atoms with Crippen LogP contribution in [0.15, 0.2) is 37.1 Å². The van der Waals surface area contributed by atoms with Crippen LogP contribution in [0.1, 0.15) is 19.3 Å². The molecule has 2 atom stereocenters. The number of aromatic nitrogens is 2. The largest absolute Gasteiger partial charge is 0.495 e. The van der Waals surface area contributed by atoms with Crippen molar-refractivity contribution in [1.82, 2.24) is 15.3 Å². The van der Waals surface area contributed by atoms with Gasteiger partial charge in [0.05, 0.1) is 34.8 Å². The van der Waals surface area contributed by atoms with Crippen molar-refractivity contribution in [2.45, 2.75) is 31.3 Å². The summed E-state index contributed by atoms with van der Waals surface area (Å²) in [5, 5.41) is 8.10. The van der Waals surface area contributed by atoms with Gasteiger partial charge in [-0.15, -0.1) is 0 Å². The average molecular weight is 522 g/mol. The van der Waals surface area contributed by atoms with Crippen LogP contribution in [-0.4, -0.2) is 42.2 Å². The second kappa shape index (κ2) is 10.3. The van der Waals surface area contributed by atoms with Crippen LogP contribution in [0, 0.1) is 0 Å². The molecule has 1 fully saturated rings. The summed E-state index contributed by atoms with van der Waals surface area (Å²) in [6.45, 7) is 3.51. The van der Waals surface area contributed by atoms with E-state index in [1.807, 2.05) is 6.07 Å². The number of carbonyl (C=O) groups excluding carboxylic acids is 1. The molecule has 4 rings (SSSR count). The van der Waals surface area contributed by atoms with E-state index >= 15 is 0 Å². The number of hydrogen-bond donors (Lipinski definition) is 2. The number of carbonyl (C=O) groups is 1. The summed E-state index contributed by atoms with van der Waals surface area (Å²) in [7, 11) is 3.04. The van der Waals surface area contributed by atoms with Crippen molar-refractivity contribution in [3.05, 3.63) is 52.1 Å². The monoisotopic (exact) mass is 520 g/mol. The number of methoxy groups -OCH3 is 2. The van der Waals surface area contributed by atoms with E-state index in [1.54, 1.807) is 18.3 Å². The number of fused-ring (bicyclic) bond motifs is 1. The van der Waals surface area contributed by atoms with Crippen molar-refractivity contribution in [1.29, 1.82) is 0 Å². The van der Waals surface area contributed by atoms with E-state index < -0.39 is 0 Å². The zero-order valence-corrected chi connectivity index (χ0v) is 20.9. The zero-order chi connectivity index (χ0) is 24.4. The van der Waals surface area contributed by atoms with Crippen LogP contribution in [0.25, 0.3) is 22.0 Å². The lowest BCUT2D eigenvalue weighted by atomic mass is 10.0. The summed E-state index contributed by atoms with van der Waals surface area (Å²) >= 11 is 19.8. The molecule has 1 saturated carbocycles. The molecular weight excluding hydrogens is 499 g/mol. The van der Waals surface area contributed by atoms with Crippen molar-refractivity contribution in [2.24, 2.45) is 0 Å². The maximum absolute atomic E-state index is 11.7. The Morgan fingerprint density at radius 3 is 2.41 bits per heavy atom. The van der Waals surface area contributed by atoms with Crippen LogP contribution in [-0.2, 0) is 4.79 Å². The van der Waals surface area contributed by atoms with Gasteiger partial charge in [-0.2, -0.15) is 0 Å². The Morgan fingerprint density at radius 2 is 1.76 bits per heavy atom. The van der Waals surface area contributed by atoms with Gasteiger partial charge in [0.25, 0.3) is 0 Å². The molecular formula is C24H23Cl3N4O3. The minimum atomic E-state index is -0.194. The van der Waals surface area contributed by atoms with Crippen molar-refractivity contribution in [3.8, 4) is 22.6 Å². The summed E-state index contributed by atoms with van der Waals surface area (Å²) < 4.78 is 10.7. The number of anilines is 1. The third kappa shape index (κ3) is 4.73. The summed E-state index contributed by atoms with van der Waals surface area (Å²) in [5.74, 6) is 1.10.